The first-order valence-corrected chi connectivity index (χ1v) is 12.0. The van der Waals surface area contributed by atoms with Crippen LogP contribution in [0.5, 0.6) is 11.5 Å². The van der Waals surface area contributed by atoms with E-state index in [-0.39, 0.29) is 24.9 Å². The van der Waals surface area contributed by atoms with Crippen LogP contribution in [0.2, 0.25) is 0 Å². The zero-order valence-corrected chi connectivity index (χ0v) is 20.8. The average Bonchev–Trinajstić information content (AvgIpc) is 3.29. The molecule has 0 unspecified atom stereocenters. The van der Waals surface area contributed by atoms with Crippen LogP contribution in [-0.2, 0) is 23.2 Å². The second-order valence-corrected chi connectivity index (χ2v) is 9.14. The van der Waals surface area contributed by atoms with Gasteiger partial charge in [0, 0.05) is 18.0 Å². The number of anilines is 1. The van der Waals surface area contributed by atoms with E-state index in [9.17, 15) is 9.59 Å². The van der Waals surface area contributed by atoms with Crippen molar-refractivity contribution in [2.24, 2.45) is 7.05 Å². The van der Waals surface area contributed by atoms with Crippen LogP contribution in [0.1, 0.15) is 33.5 Å². The lowest BCUT2D eigenvalue weighted by Crippen LogP contribution is -2.16. The summed E-state index contributed by atoms with van der Waals surface area (Å²) in [7, 11) is 3.41. The Labute approximate surface area is 200 Å². The topological polar surface area (TPSA) is 105 Å². The second kappa shape index (κ2) is 11.2. The number of carbonyl (C=O) groups is 2. The van der Waals surface area contributed by atoms with Crippen LogP contribution >= 0.6 is 23.1 Å². The molecule has 9 nitrogen and oxygen atoms in total. The molecule has 0 saturated heterocycles. The normalized spacial score (nSPS) is 10.7. The number of aromatic nitrogens is 3. The molecule has 33 heavy (non-hydrogen) atoms. The van der Waals surface area contributed by atoms with Crippen molar-refractivity contribution in [3.8, 4) is 11.5 Å². The van der Waals surface area contributed by atoms with Gasteiger partial charge in [-0.25, -0.2) is 4.79 Å². The predicted octanol–water partition coefficient (Wildman–Crippen LogP) is 3.99. The number of thioether (sulfide) groups is 1. The summed E-state index contributed by atoms with van der Waals surface area (Å²) in [5, 5.41) is 12.2. The third kappa shape index (κ3) is 6.05. The lowest BCUT2D eigenvalue weighted by Gasteiger charge is -2.08. The van der Waals surface area contributed by atoms with Crippen LogP contribution < -0.4 is 14.8 Å². The number of amides is 1. The van der Waals surface area contributed by atoms with E-state index in [2.05, 4.69) is 15.5 Å². The van der Waals surface area contributed by atoms with Crippen molar-refractivity contribution in [2.45, 2.75) is 32.5 Å². The first-order valence-electron chi connectivity index (χ1n) is 10.2. The molecule has 2 aromatic heterocycles. The smallest absolute Gasteiger partial charge is 0.341 e. The van der Waals surface area contributed by atoms with E-state index in [1.54, 1.807) is 24.7 Å². The first-order chi connectivity index (χ1) is 15.8. The maximum atomic E-state index is 12.6. The van der Waals surface area contributed by atoms with Crippen LogP contribution in [0.4, 0.5) is 5.00 Å². The summed E-state index contributed by atoms with van der Waals surface area (Å²) in [4.78, 5) is 25.8. The largest absolute Gasteiger partial charge is 0.497 e. The molecule has 1 N–H and O–H groups in total. The molecule has 2 heterocycles. The van der Waals surface area contributed by atoms with Gasteiger partial charge in [0.2, 0.25) is 5.91 Å². The number of carbonyl (C=O) groups excluding carboxylic acids is 2. The summed E-state index contributed by atoms with van der Waals surface area (Å²) in [6, 6.07) is 7.30. The van der Waals surface area contributed by atoms with Crippen molar-refractivity contribution in [3.05, 3.63) is 46.1 Å². The number of nitrogens with one attached hydrogen (secondary N) is 1. The number of methoxy groups -OCH3 is 1. The summed E-state index contributed by atoms with van der Waals surface area (Å²) in [6.07, 6.45) is 0. The molecule has 0 fully saturated rings. The van der Waals surface area contributed by atoms with Crippen molar-refractivity contribution >= 4 is 40.0 Å². The number of ether oxygens (including phenoxy) is 3. The maximum absolute atomic E-state index is 12.6. The van der Waals surface area contributed by atoms with E-state index < -0.39 is 5.97 Å². The first kappa shape index (κ1) is 24.6. The molecule has 0 spiro atoms. The number of hydrogen-bond acceptors (Lipinski definition) is 9. The standard InChI is InChI=1S/C22H26N4O5S2/c1-6-30-21(28)19-13(2)14(3)33-20(19)23-18(27)12-32-22-25-24-17(26(22)4)11-31-16-9-7-8-15(10-16)29-5/h7-10H,6,11-12H2,1-5H3,(H,23,27). The van der Waals surface area contributed by atoms with Crippen LogP contribution in [0.15, 0.2) is 29.4 Å². The lowest BCUT2D eigenvalue weighted by molar-refractivity contribution is -0.113. The molecule has 0 aliphatic carbocycles. The summed E-state index contributed by atoms with van der Waals surface area (Å²) in [5.41, 5.74) is 1.23. The number of esters is 1. The fraction of sp³-hybridized carbons (Fsp3) is 0.364. The molecule has 1 aromatic carbocycles. The van der Waals surface area contributed by atoms with Crippen molar-refractivity contribution in [2.75, 3.05) is 24.8 Å². The third-order valence-corrected chi connectivity index (χ3v) is 6.93. The van der Waals surface area contributed by atoms with Gasteiger partial charge in [0.05, 0.1) is 25.0 Å². The van der Waals surface area contributed by atoms with E-state index in [0.717, 1.165) is 10.4 Å². The Hall–Kier alpha value is -3.05. The van der Waals surface area contributed by atoms with E-state index >= 15 is 0 Å². The van der Waals surface area contributed by atoms with E-state index in [0.29, 0.717) is 33.0 Å². The molecule has 0 aliphatic rings. The molecule has 3 rings (SSSR count). The molecule has 3 aromatic rings. The average molecular weight is 491 g/mol. The van der Waals surface area contributed by atoms with Crippen LogP contribution in [0.25, 0.3) is 0 Å². The number of aryl methyl sites for hydroxylation is 1. The van der Waals surface area contributed by atoms with Gasteiger partial charge in [-0.05, 0) is 38.5 Å². The molecule has 0 saturated carbocycles. The Balaban J connectivity index is 1.59. The quantitative estimate of drug-likeness (QED) is 0.336. The Bertz CT molecular complexity index is 1140. The monoisotopic (exact) mass is 490 g/mol. The highest BCUT2D eigenvalue weighted by molar-refractivity contribution is 7.99. The van der Waals surface area contributed by atoms with Gasteiger partial charge in [0.1, 0.15) is 23.1 Å². The number of thiophene rings is 1. The van der Waals surface area contributed by atoms with Gasteiger partial charge in [-0.15, -0.1) is 21.5 Å². The zero-order valence-electron chi connectivity index (χ0n) is 19.1. The van der Waals surface area contributed by atoms with Crippen LogP contribution in [0.3, 0.4) is 0 Å². The van der Waals surface area contributed by atoms with E-state index in [4.69, 9.17) is 14.2 Å². The lowest BCUT2D eigenvalue weighted by atomic mass is 10.1. The Kier molecular flexibility index (Phi) is 8.34. The minimum atomic E-state index is -0.434. The minimum absolute atomic E-state index is 0.112. The highest BCUT2D eigenvalue weighted by Crippen LogP contribution is 2.33. The fourth-order valence-electron chi connectivity index (χ4n) is 2.89. The molecule has 0 radical (unpaired) electrons. The molecular formula is C22H26N4O5S2. The van der Waals surface area contributed by atoms with Gasteiger partial charge >= 0.3 is 5.97 Å². The molecule has 1 amide bonds. The number of nitrogens with zero attached hydrogens (tertiary/aromatic N) is 3. The van der Waals surface area contributed by atoms with Crippen LogP contribution in [-0.4, -0.2) is 46.1 Å². The highest BCUT2D eigenvalue weighted by Gasteiger charge is 2.22. The number of rotatable bonds is 10. The van der Waals surface area contributed by atoms with Crippen LogP contribution in [0, 0.1) is 13.8 Å². The second-order valence-electron chi connectivity index (χ2n) is 6.97. The van der Waals surface area contributed by atoms with Crippen molar-refractivity contribution in [3.63, 3.8) is 0 Å². The SMILES string of the molecule is CCOC(=O)c1c(NC(=O)CSc2nnc(COc3cccc(OC)c3)n2C)sc(C)c1C. The zero-order chi connectivity index (χ0) is 24.0. The van der Waals surface area contributed by atoms with Crippen molar-refractivity contribution < 1.29 is 23.8 Å². The van der Waals surface area contributed by atoms with Gasteiger partial charge < -0.3 is 24.1 Å². The third-order valence-electron chi connectivity index (χ3n) is 4.78. The molecule has 11 heteroatoms. The fourth-order valence-corrected chi connectivity index (χ4v) is 4.69. The van der Waals surface area contributed by atoms with E-state index in [1.807, 2.05) is 39.1 Å². The minimum Gasteiger partial charge on any atom is -0.497 e. The van der Waals surface area contributed by atoms with Gasteiger partial charge in [-0.2, -0.15) is 0 Å². The summed E-state index contributed by atoms with van der Waals surface area (Å²) < 4.78 is 17.9. The van der Waals surface area contributed by atoms with Gasteiger partial charge in [0.25, 0.3) is 0 Å². The number of benzene rings is 1. The summed E-state index contributed by atoms with van der Waals surface area (Å²) in [6.45, 7) is 5.99. The van der Waals surface area contributed by atoms with Gasteiger partial charge in [-0.3, -0.25) is 4.79 Å². The summed E-state index contributed by atoms with van der Waals surface area (Å²) in [5.74, 6) is 1.41. The Morgan fingerprint density at radius 3 is 2.70 bits per heavy atom. The predicted molar refractivity (Wildman–Crippen MR) is 127 cm³/mol. The molecule has 0 bridgehead atoms. The molecule has 176 valence electrons. The summed E-state index contributed by atoms with van der Waals surface area (Å²) >= 11 is 2.61. The van der Waals surface area contributed by atoms with Gasteiger partial charge in [-0.1, -0.05) is 17.8 Å². The molecular weight excluding hydrogens is 464 g/mol. The van der Waals surface area contributed by atoms with Crippen molar-refractivity contribution in [1.29, 1.82) is 0 Å². The Morgan fingerprint density at radius 2 is 1.97 bits per heavy atom. The Morgan fingerprint density at radius 1 is 1.21 bits per heavy atom. The van der Waals surface area contributed by atoms with Gasteiger partial charge in [0.15, 0.2) is 11.0 Å². The maximum Gasteiger partial charge on any atom is 0.341 e. The van der Waals surface area contributed by atoms with E-state index in [1.165, 1.54) is 23.1 Å². The van der Waals surface area contributed by atoms with Crippen molar-refractivity contribution in [1.82, 2.24) is 14.8 Å². The molecule has 0 aliphatic heterocycles. The molecule has 0 atom stereocenters. The number of hydrogen-bond donors (Lipinski definition) is 1. The highest BCUT2D eigenvalue weighted by atomic mass is 32.2.